The number of methoxy groups -OCH3 is 1. The molecule has 42 heavy (non-hydrogen) atoms. The number of ether oxygens (including phenoxy) is 1. The van der Waals surface area contributed by atoms with Crippen LogP contribution < -0.4 is 15.4 Å². The molecule has 2 aromatic carbocycles. The van der Waals surface area contributed by atoms with Crippen LogP contribution >= 0.6 is 0 Å². The van der Waals surface area contributed by atoms with Gasteiger partial charge in [-0.25, -0.2) is 8.42 Å². The zero-order chi connectivity index (χ0) is 30.3. The number of aromatic nitrogens is 1. The number of halogens is 3. The molecule has 1 aliphatic heterocycles. The fourth-order valence-corrected chi connectivity index (χ4v) is 5.72. The van der Waals surface area contributed by atoms with E-state index < -0.39 is 22.6 Å². The summed E-state index contributed by atoms with van der Waals surface area (Å²) in [4.78, 5) is 2.45. The first kappa shape index (κ1) is 31.1. The van der Waals surface area contributed by atoms with Crippen molar-refractivity contribution in [3.8, 4) is 23.7 Å². The number of nitrogens with one attached hydrogen (secondary N) is 2. The van der Waals surface area contributed by atoms with Crippen molar-refractivity contribution < 1.29 is 26.3 Å². The Hall–Kier alpha value is -3.87. The van der Waals surface area contributed by atoms with Crippen molar-refractivity contribution in [3.63, 3.8) is 0 Å². The van der Waals surface area contributed by atoms with E-state index in [9.17, 15) is 21.6 Å². The third-order valence-electron chi connectivity index (χ3n) is 7.18. The number of nitriles is 1. The van der Waals surface area contributed by atoms with Gasteiger partial charge in [0.15, 0.2) is 9.84 Å². The lowest BCUT2D eigenvalue weighted by molar-refractivity contribution is -0.140. The normalized spacial score (nSPS) is 14.7. The van der Waals surface area contributed by atoms with Crippen LogP contribution in [0.15, 0.2) is 47.4 Å². The van der Waals surface area contributed by atoms with E-state index in [1.165, 1.54) is 23.8 Å². The van der Waals surface area contributed by atoms with Gasteiger partial charge in [0.2, 0.25) is 0 Å². The number of sulfone groups is 1. The second kappa shape index (κ2) is 13.4. The second-order valence-corrected chi connectivity index (χ2v) is 12.3. The maximum Gasteiger partial charge on any atom is 0.406 e. The van der Waals surface area contributed by atoms with Gasteiger partial charge in [0.1, 0.15) is 12.3 Å². The summed E-state index contributed by atoms with van der Waals surface area (Å²) >= 11 is 0. The van der Waals surface area contributed by atoms with Crippen LogP contribution in [-0.4, -0.2) is 69.6 Å². The highest BCUT2D eigenvalue weighted by Crippen LogP contribution is 2.32. The number of unbranched alkanes of at least 4 members (excludes halogenated alkanes) is 1. The van der Waals surface area contributed by atoms with Gasteiger partial charge in [-0.15, -0.1) is 0 Å². The van der Waals surface area contributed by atoms with Gasteiger partial charge < -0.3 is 24.8 Å². The van der Waals surface area contributed by atoms with E-state index >= 15 is 0 Å². The van der Waals surface area contributed by atoms with E-state index in [0.717, 1.165) is 50.8 Å². The minimum Gasteiger partial charge on any atom is -0.495 e. The molecule has 2 N–H and O–H groups in total. The van der Waals surface area contributed by atoms with E-state index in [1.807, 2.05) is 6.07 Å². The van der Waals surface area contributed by atoms with Crippen molar-refractivity contribution >= 4 is 32.1 Å². The minimum absolute atomic E-state index is 0.0974. The molecule has 8 nitrogen and oxygen atoms in total. The van der Waals surface area contributed by atoms with Crippen LogP contribution in [-0.2, 0) is 16.4 Å². The molecule has 0 amide bonds. The van der Waals surface area contributed by atoms with E-state index in [2.05, 4.69) is 33.4 Å². The Balaban J connectivity index is 1.52. The summed E-state index contributed by atoms with van der Waals surface area (Å²) in [5.74, 6) is 6.09. The van der Waals surface area contributed by atoms with Gasteiger partial charge in [0.25, 0.3) is 0 Å². The van der Waals surface area contributed by atoms with Gasteiger partial charge in [-0.3, -0.25) is 0 Å². The molecule has 0 spiro atoms. The van der Waals surface area contributed by atoms with E-state index in [4.69, 9.17) is 10.00 Å². The summed E-state index contributed by atoms with van der Waals surface area (Å²) < 4.78 is 70.9. The molecule has 1 fully saturated rings. The fraction of sp³-hybridized carbons (Fsp3) is 0.433. The average Bonchev–Trinajstić information content (AvgIpc) is 3.28. The monoisotopic (exact) mass is 601 g/mol. The smallest absolute Gasteiger partial charge is 0.406 e. The molecule has 0 radical (unpaired) electrons. The summed E-state index contributed by atoms with van der Waals surface area (Å²) in [6.45, 7) is 1.63. The molecule has 0 unspecified atom stereocenters. The van der Waals surface area contributed by atoms with E-state index in [-0.39, 0.29) is 23.2 Å². The van der Waals surface area contributed by atoms with Crippen molar-refractivity contribution in [3.05, 3.63) is 48.2 Å². The van der Waals surface area contributed by atoms with Gasteiger partial charge in [-0.1, -0.05) is 12.0 Å². The SMILES string of the molecule is COc1cc(S(C)(=O)=O)ccc1NCC#Cc1cc2c(NC3CCN(CCCC#N)CC3)cccc2n1CC(F)(F)F. The lowest BCUT2D eigenvalue weighted by atomic mass is 10.0. The molecular weight excluding hydrogens is 567 g/mol. The highest BCUT2D eigenvalue weighted by Gasteiger charge is 2.30. The number of alkyl halides is 3. The highest BCUT2D eigenvalue weighted by molar-refractivity contribution is 7.90. The quantitative estimate of drug-likeness (QED) is 0.242. The largest absolute Gasteiger partial charge is 0.495 e. The summed E-state index contributed by atoms with van der Waals surface area (Å²) in [7, 11) is -2.00. The van der Waals surface area contributed by atoms with Crippen molar-refractivity contribution in [1.82, 2.24) is 9.47 Å². The van der Waals surface area contributed by atoms with E-state index in [0.29, 0.717) is 28.8 Å². The Morgan fingerprint density at radius 1 is 1.12 bits per heavy atom. The zero-order valence-corrected chi connectivity index (χ0v) is 24.4. The molecule has 224 valence electrons. The Bertz CT molecular complexity index is 1610. The first-order chi connectivity index (χ1) is 20.0. The predicted molar refractivity (Wildman–Crippen MR) is 157 cm³/mol. The standard InChI is InChI=1S/C30H34F3N5O3S/c1-41-29-20-24(42(2,39)40)10-11-27(29)35-15-6-7-23-19-25-26(8-5-9-28(25)38(23)21-30(31,32)33)36-22-12-17-37(18-13-22)16-4-3-14-34/h5,8-11,19-20,22,35-36H,3-4,12-13,15-18,21H2,1-2H3. The predicted octanol–water partition coefficient (Wildman–Crippen LogP) is 5.26. The minimum atomic E-state index is -4.43. The number of hydrogen-bond acceptors (Lipinski definition) is 7. The number of nitrogens with zero attached hydrogens (tertiary/aromatic N) is 3. The number of piperidine rings is 1. The Labute approximate surface area is 244 Å². The topological polar surface area (TPSA) is 99.4 Å². The molecule has 0 bridgehead atoms. The molecule has 12 heteroatoms. The van der Waals surface area contributed by atoms with Crippen LogP contribution in [0.3, 0.4) is 0 Å². The van der Waals surface area contributed by atoms with Crippen LogP contribution in [0.2, 0.25) is 0 Å². The Kier molecular flexibility index (Phi) is 9.92. The van der Waals surface area contributed by atoms with Crippen LogP contribution in [0.4, 0.5) is 24.5 Å². The van der Waals surface area contributed by atoms with Gasteiger partial charge in [-0.2, -0.15) is 18.4 Å². The number of fused-ring (bicyclic) bond motifs is 1. The highest BCUT2D eigenvalue weighted by atomic mass is 32.2. The summed E-state index contributed by atoms with van der Waals surface area (Å²) in [5.41, 5.74) is 1.97. The van der Waals surface area contributed by atoms with Crippen LogP contribution in [0.1, 0.15) is 31.4 Å². The van der Waals surface area contributed by atoms with Gasteiger partial charge in [0, 0.05) is 48.9 Å². The third-order valence-corrected chi connectivity index (χ3v) is 8.29. The molecule has 3 aromatic rings. The molecule has 4 rings (SSSR count). The zero-order valence-electron chi connectivity index (χ0n) is 23.6. The van der Waals surface area contributed by atoms with Crippen LogP contribution in [0.5, 0.6) is 5.75 Å². The van der Waals surface area contributed by atoms with Crippen molar-refractivity contribution in [2.75, 3.05) is 50.2 Å². The Morgan fingerprint density at radius 3 is 2.55 bits per heavy atom. The molecule has 1 aliphatic rings. The van der Waals surface area contributed by atoms with Crippen molar-refractivity contribution in [2.45, 2.75) is 49.3 Å². The first-order valence-corrected chi connectivity index (χ1v) is 15.5. The maximum atomic E-state index is 13.6. The van der Waals surface area contributed by atoms with Gasteiger partial charge in [0.05, 0.1) is 41.5 Å². The molecule has 0 saturated carbocycles. The first-order valence-electron chi connectivity index (χ1n) is 13.6. The number of hydrogen-bond donors (Lipinski definition) is 2. The molecule has 1 aromatic heterocycles. The van der Waals surface area contributed by atoms with Crippen molar-refractivity contribution in [2.24, 2.45) is 0 Å². The molecular formula is C30H34F3N5O3S. The number of likely N-dealkylation sites (tertiary alicyclic amines) is 1. The molecule has 1 saturated heterocycles. The maximum absolute atomic E-state index is 13.6. The molecule has 0 aliphatic carbocycles. The number of rotatable bonds is 10. The summed E-state index contributed by atoms with van der Waals surface area (Å²) in [5, 5.41) is 16.0. The summed E-state index contributed by atoms with van der Waals surface area (Å²) in [6, 6.07) is 13.8. The number of anilines is 2. The van der Waals surface area contributed by atoms with Crippen molar-refractivity contribution in [1.29, 1.82) is 5.26 Å². The average molecular weight is 602 g/mol. The van der Waals surface area contributed by atoms with Crippen LogP contribution in [0, 0.1) is 23.2 Å². The number of benzene rings is 2. The van der Waals surface area contributed by atoms with Gasteiger partial charge >= 0.3 is 6.18 Å². The third kappa shape index (κ3) is 8.11. The van der Waals surface area contributed by atoms with Crippen LogP contribution in [0.25, 0.3) is 10.9 Å². The lowest BCUT2D eigenvalue weighted by Gasteiger charge is -2.32. The van der Waals surface area contributed by atoms with Gasteiger partial charge in [-0.05, 0) is 62.1 Å². The lowest BCUT2D eigenvalue weighted by Crippen LogP contribution is -2.39. The summed E-state index contributed by atoms with van der Waals surface area (Å²) in [6.07, 6.45) is -0.133. The molecule has 2 heterocycles. The Morgan fingerprint density at radius 2 is 1.88 bits per heavy atom. The van der Waals surface area contributed by atoms with E-state index in [1.54, 1.807) is 24.3 Å². The fourth-order valence-electron chi connectivity index (χ4n) is 5.09. The molecule has 0 atom stereocenters. The second-order valence-electron chi connectivity index (χ2n) is 10.3.